The van der Waals surface area contributed by atoms with Crippen LogP contribution in [0.2, 0.25) is 0 Å². The normalized spacial score (nSPS) is 10.8. The van der Waals surface area contributed by atoms with Gasteiger partial charge in [0.15, 0.2) is 0 Å². The van der Waals surface area contributed by atoms with Crippen LogP contribution in [-0.2, 0) is 6.61 Å². The van der Waals surface area contributed by atoms with Crippen molar-refractivity contribution in [2.24, 2.45) is 0 Å². The van der Waals surface area contributed by atoms with Crippen molar-refractivity contribution in [3.8, 4) is 5.75 Å². The van der Waals surface area contributed by atoms with Crippen molar-refractivity contribution in [3.05, 3.63) is 58.7 Å². The number of thioether (sulfide) groups is 1. The van der Waals surface area contributed by atoms with Gasteiger partial charge in [-0.1, -0.05) is 55.4 Å². The minimum absolute atomic E-state index is 0.274. The molecule has 2 aromatic carbocycles. The second-order valence-electron chi connectivity index (χ2n) is 6.38. The van der Waals surface area contributed by atoms with E-state index in [1.54, 1.807) is 6.26 Å². The maximum absolute atomic E-state index is 11.9. The summed E-state index contributed by atoms with van der Waals surface area (Å²) >= 11 is 0.965. The molecule has 0 saturated heterocycles. The van der Waals surface area contributed by atoms with Crippen LogP contribution in [0.1, 0.15) is 42.0 Å². The van der Waals surface area contributed by atoms with Gasteiger partial charge in [-0.15, -0.1) is 0 Å². The van der Waals surface area contributed by atoms with Gasteiger partial charge >= 0.3 is 5.24 Å². The van der Waals surface area contributed by atoms with Crippen LogP contribution in [0.15, 0.2) is 36.4 Å². The van der Waals surface area contributed by atoms with Crippen LogP contribution in [0, 0.1) is 13.8 Å². The summed E-state index contributed by atoms with van der Waals surface area (Å²) in [6.07, 6.45) is 1.64. The highest BCUT2D eigenvalue weighted by atomic mass is 32.2. The zero-order chi connectivity index (χ0) is 18.6. The standard InChI is InChI=1S/C20H25NO3S/c1-13(2)16-7-8-17(18(11-16)21(23)20(22)25-5)12-24-19-9-6-14(3)10-15(19)4/h6-11,13,23H,12H2,1-5H3. The van der Waals surface area contributed by atoms with E-state index in [4.69, 9.17) is 4.74 Å². The average Bonchev–Trinajstić information content (AvgIpc) is 2.59. The fourth-order valence-electron chi connectivity index (χ4n) is 2.56. The number of benzene rings is 2. The summed E-state index contributed by atoms with van der Waals surface area (Å²) in [5.74, 6) is 1.09. The number of carbonyl (C=O) groups is 1. The number of nitrogens with zero attached hydrogens (tertiary/aromatic N) is 1. The Kier molecular flexibility index (Phi) is 6.51. The number of ether oxygens (including phenoxy) is 1. The Morgan fingerprint density at radius 1 is 1.20 bits per heavy atom. The Bertz CT molecular complexity index is 759. The summed E-state index contributed by atoms with van der Waals surface area (Å²) < 4.78 is 5.93. The van der Waals surface area contributed by atoms with E-state index in [-0.39, 0.29) is 6.61 Å². The molecule has 0 atom stereocenters. The number of anilines is 1. The smallest absolute Gasteiger partial charge is 0.309 e. The topological polar surface area (TPSA) is 49.8 Å². The molecule has 25 heavy (non-hydrogen) atoms. The molecule has 0 aliphatic heterocycles. The molecule has 0 fully saturated rings. The van der Waals surface area contributed by atoms with Crippen LogP contribution in [0.4, 0.5) is 10.5 Å². The third kappa shape index (κ3) is 4.77. The average molecular weight is 359 g/mol. The maximum atomic E-state index is 11.9. The Morgan fingerprint density at radius 2 is 1.92 bits per heavy atom. The Labute approximate surface area is 153 Å². The summed E-state index contributed by atoms with van der Waals surface area (Å²) in [7, 11) is 0. The summed E-state index contributed by atoms with van der Waals surface area (Å²) in [5, 5.41) is 10.6. The molecule has 0 aliphatic carbocycles. The molecule has 0 radical (unpaired) electrons. The van der Waals surface area contributed by atoms with Gasteiger partial charge in [-0.05, 0) is 49.3 Å². The number of aryl methyl sites for hydroxylation is 2. The van der Waals surface area contributed by atoms with Crippen LogP contribution in [-0.4, -0.2) is 16.7 Å². The molecule has 0 bridgehead atoms. The van der Waals surface area contributed by atoms with E-state index < -0.39 is 5.24 Å². The molecule has 0 aliphatic rings. The van der Waals surface area contributed by atoms with Crippen molar-refractivity contribution in [2.45, 2.75) is 40.2 Å². The molecule has 0 spiro atoms. The highest BCUT2D eigenvalue weighted by molar-refractivity contribution is 8.13. The van der Waals surface area contributed by atoms with E-state index >= 15 is 0 Å². The first-order valence-corrected chi connectivity index (χ1v) is 9.45. The first kappa shape index (κ1) is 19.3. The molecule has 0 unspecified atom stereocenters. The summed E-state index contributed by atoms with van der Waals surface area (Å²) in [4.78, 5) is 11.9. The predicted molar refractivity (Wildman–Crippen MR) is 104 cm³/mol. The lowest BCUT2D eigenvalue weighted by Gasteiger charge is -2.20. The van der Waals surface area contributed by atoms with Crippen molar-refractivity contribution in [1.29, 1.82) is 0 Å². The molecule has 4 nitrogen and oxygen atoms in total. The zero-order valence-electron chi connectivity index (χ0n) is 15.4. The van der Waals surface area contributed by atoms with Crippen molar-refractivity contribution in [1.82, 2.24) is 0 Å². The molecule has 2 aromatic rings. The largest absolute Gasteiger partial charge is 0.489 e. The lowest BCUT2D eigenvalue weighted by atomic mass is 10.0. The quantitative estimate of drug-likeness (QED) is 0.551. The van der Waals surface area contributed by atoms with E-state index in [0.29, 0.717) is 16.7 Å². The molecule has 5 heteroatoms. The van der Waals surface area contributed by atoms with Crippen LogP contribution in [0.3, 0.4) is 0 Å². The number of rotatable bonds is 5. The molecule has 0 heterocycles. The third-order valence-electron chi connectivity index (χ3n) is 4.07. The molecule has 0 aromatic heterocycles. The molecule has 2 rings (SSSR count). The number of hydroxylamine groups is 1. The summed E-state index contributed by atoms with van der Waals surface area (Å²) in [6, 6.07) is 11.8. The van der Waals surface area contributed by atoms with Gasteiger partial charge in [0.25, 0.3) is 0 Å². The van der Waals surface area contributed by atoms with Gasteiger partial charge < -0.3 is 4.74 Å². The fraction of sp³-hybridized carbons (Fsp3) is 0.350. The van der Waals surface area contributed by atoms with Crippen LogP contribution in [0.5, 0.6) is 5.75 Å². The van der Waals surface area contributed by atoms with Crippen LogP contribution < -0.4 is 9.80 Å². The van der Waals surface area contributed by atoms with E-state index in [1.165, 1.54) is 5.56 Å². The first-order valence-electron chi connectivity index (χ1n) is 8.23. The summed E-state index contributed by atoms with van der Waals surface area (Å²) in [6.45, 7) is 8.46. The van der Waals surface area contributed by atoms with Gasteiger partial charge in [0, 0.05) is 5.56 Å². The minimum atomic E-state index is -0.423. The Balaban J connectivity index is 2.30. The second kappa shape index (κ2) is 8.41. The molecule has 1 amide bonds. The van der Waals surface area contributed by atoms with Gasteiger partial charge in [0.05, 0.1) is 5.69 Å². The highest BCUT2D eigenvalue weighted by Gasteiger charge is 2.18. The van der Waals surface area contributed by atoms with Gasteiger partial charge in [0.1, 0.15) is 12.4 Å². The van der Waals surface area contributed by atoms with Crippen molar-refractivity contribution in [2.75, 3.05) is 11.3 Å². The van der Waals surface area contributed by atoms with E-state index in [2.05, 4.69) is 19.9 Å². The van der Waals surface area contributed by atoms with Gasteiger partial charge in [-0.25, -0.2) is 0 Å². The van der Waals surface area contributed by atoms with Gasteiger partial charge in [-0.3, -0.25) is 10.0 Å². The molecule has 0 saturated carbocycles. The van der Waals surface area contributed by atoms with Crippen LogP contribution in [0.25, 0.3) is 0 Å². The SMILES string of the molecule is CSC(=O)N(O)c1cc(C(C)C)ccc1COc1ccc(C)cc1C. The van der Waals surface area contributed by atoms with Crippen molar-refractivity contribution < 1.29 is 14.7 Å². The fourth-order valence-corrected chi connectivity index (χ4v) is 2.83. The maximum Gasteiger partial charge on any atom is 0.309 e. The third-order valence-corrected chi connectivity index (χ3v) is 4.59. The van der Waals surface area contributed by atoms with E-state index in [9.17, 15) is 10.0 Å². The first-order chi connectivity index (χ1) is 11.8. The van der Waals surface area contributed by atoms with Gasteiger partial charge in [0.2, 0.25) is 0 Å². The summed E-state index contributed by atoms with van der Waals surface area (Å²) in [5.41, 5.74) is 4.52. The number of carbonyl (C=O) groups excluding carboxylic acids is 1. The monoisotopic (exact) mass is 359 g/mol. The Morgan fingerprint density at radius 3 is 2.52 bits per heavy atom. The van der Waals surface area contributed by atoms with Crippen LogP contribution >= 0.6 is 11.8 Å². The predicted octanol–water partition coefficient (Wildman–Crippen LogP) is 5.68. The molecular formula is C20H25NO3S. The second-order valence-corrected chi connectivity index (χ2v) is 7.14. The number of hydrogen-bond acceptors (Lipinski definition) is 4. The molecule has 1 N–H and O–H groups in total. The Hall–Kier alpha value is -1.98. The highest BCUT2D eigenvalue weighted by Crippen LogP contribution is 2.29. The minimum Gasteiger partial charge on any atom is -0.489 e. The molecule has 134 valence electrons. The van der Waals surface area contributed by atoms with Crippen molar-refractivity contribution in [3.63, 3.8) is 0 Å². The van der Waals surface area contributed by atoms with E-state index in [0.717, 1.165) is 34.2 Å². The molecular weight excluding hydrogens is 334 g/mol. The number of amides is 1. The lowest BCUT2D eigenvalue weighted by Crippen LogP contribution is -2.24. The zero-order valence-corrected chi connectivity index (χ0v) is 16.2. The lowest BCUT2D eigenvalue weighted by molar-refractivity contribution is 0.223. The van der Waals surface area contributed by atoms with Gasteiger partial charge in [-0.2, -0.15) is 5.06 Å². The van der Waals surface area contributed by atoms with E-state index in [1.807, 2.05) is 44.2 Å². The van der Waals surface area contributed by atoms with Crippen molar-refractivity contribution >= 4 is 22.7 Å². The number of hydrogen-bond donors (Lipinski definition) is 1.